The standard InChI is InChI=1S/C21H22F3N3O3/c1-20(29)11-27(12-20)19(28)16-9-25-18(26-10-16)5-2-13-6-15(14-3-4-14)8-17(7-13)30-21(22,23)24/h6-10,14,29H,2-5,11-12H2,1H3. The van der Waals surface area contributed by atoms with Crippen LogP contribution in [-0.2, 0) is 12.8 Å². The van der Waals surface area contributed by atoms with E-state index in [1.165, 1.54) is 29.4 Å². The Morgan fingerprint density at radius 3 is 2.43 bits per heavy atom. The van der Waals surface area contributed by atoms with E-state index in [0.717, 1.165) is 24.0 Å². The molecule has 1 aliphatic heterocycles. The fraction of sp³-hybridized carbons (Fsp3) is 0.476. The van der Waals surface area contributed by atoms with Crippen molar-refractivity contribution in [1.82, 2.24) is 14.9 Å². The van der Waals surface area contributed by atoms with Crippen molar-refractivity contribution in [3.8, 4) is 5.75 Å². The van der Waals surface area contributed by atoms with Gasteiger partial charge in [0.1, 0.15) is 11.6 Å². The zero-order valence-electron chi connectivity index (χ0n) is 16.4. The molecule has 0 unspecified atom stereocenters. The lowest BCUT2D eigenvalue weighted by atomic mass is 9.96. The van der Waals surface area contributed by atoms with Gasteiger partial charge in [-0.25, -0.2) is 9.97 Å². The quantitative estimate of drug-likeness (QED) is 0.775. The van der Waals surface area contributed by atoms with Gasteiger partial charge in [-0.1, -0.05) is 6.07 Å². The van der Waals surface area contributed by atoms with Gasteiger partial charge in [0.05, 0.1) is 24.3 Å². The highest BCUT2D eigenvalue weighted by molar-refractivity contribution is 5.94. The third-order valence-corrected chi connectivity index (χ3v) is 5.21. The summed E-state index contributed by atoms with van der Waals surface area (Å²) in [7, 11) is 0. The maximum absolute atomic E-state index is 12.6. The molecule has 1 aromatic heterocycles. The number of carbonyl (C=O) groups is 1. The van der Waals surface area contributed by atoms with Gasteiger partial charge in [-0.2, -0.15) is 0 Å². The second-order valence-corrected chi connectivity index (χ2v) is 8.28. The first kappa shape index (κ1) is 20.6. The molecule has 2 heterocycles. The first-order chi connectivity index (χ1) is 14.1. The number of hydrogen-bond acceptors (Lipinski definition) is 5. The summed E-state index contributed by atoms with van der Waals surface area (Å²) in [6, 6.07) is 4.76. The third kappa shape index (κ3) is 5.08. The van der Waals surface area contributed by atoms with Gasteiger partial charge < -0.3 is 14.7 Å². The largest absolute Gasteiger partial charge is 0.573 e. The van der Waals surface area contributed by atoms with E-state index in [9.17, 15) is 23.1 Å². The van der Waals surface area contributed by atoms with Crippen LogP contribution in [0.2, 0.25) is 0 Å². The average molecular weight is 421 g/mol. The van der Waals surface area contributed by atoms with Gasteiger partial charge in [0, 0.05) is 18.8 Å². The Bertz CT molecular complexity index is 933. The summed E-state index contributed by atoms with van der Waals surface area (Å²) in [5, 5.41) is 9.74. The van der Waals surface area contributed by atoms with Crippen molar-refractivity contribution in [3.63, 3.8) is 0 Å². The lowest BCUT2D eigenvalue weighted by Crippen LogP contribution is -2.61. The summed E-state index contributed by atoms with van der Waals surface area (Å²) in [6.07, 6.45) is 0.978. The molecule has 1 amide bonds. The minimum Gasteiger partial charge on any atom is -0.406 e. The van der Waals surface area contributed by atoms with E-state index in [1.54, 1.807) is 6.92 Å². The smallest absolute Gasteiger partial charge is 0.406 e. The first-order valence-electron chi connectivity index (χ1n) is 9.80. The number of aromatic nitrogens is 2. The van der Waals surface area contributed by atoms with Crippen molar-refractivity contribution in [2.75, 3.05) is 13.1 Å². The van der Waals surface area contributed by atoms with Crippen molar-refractivity contribution in [3.05, 3.63) is 53.1 Å². The molecule has 1 aliphatic carbocycles. The van der Waals surface area contributed by atoms with E-state index < -0.39 is 12.0 Å². The van der Waals surface area contributed by atoms with Crippen LogP contribution in [0.3, 0.4) is 0 Å². The predicted octanol–water partition coefficient (Wildman–Crippen LogP) is 3.24. The van der Waals surface area contributed by atoms with Gasteiger partial charge in [-0.15, -0.1) is 13.2 Å². The molecule has 1 N–H and O–H groups in total. The average Bonchev–Trinajstić information content (AvgIpc) is 3.48. The molecule has 2 fully saturated rings. The molecule has 6 nitrogen and oxygen atoms in total. The molecule has 0 spiro atoms. The molecule has 30 heavy (non-hydrogen) atoms. The fourth-order valence-electron chi connectivity index (χ4n) is 3.63. The molecule has 2 aliphatic rings. The Kier molecular flexibility index (Phi) is 5.17. The van der Waals surface area contributed by atoms with E-state index in [1.807, 2.05) is 6.07 Å². The number of aliphatic hydroxyl groups is 1. The molecular weight excluding hydrogens is 399 g/mol. The van der Waals surface area contributed by atoms with E-state index in [-0.39, 0.29) is 24.7 Å². The topological polar surface area (TPSA) is 75.5 Å². The van der Waals surface area contributed by atoms with Crippen LogP contribution in [-0.4, -0.2) is 50.9 Å². The van der Waals surface area contributed by atoms with Gasteiger partial charge in [-0.3, -0.25) is 4.79 Å². The maximum Gasteiger partial charge on any atom is 0.573 e. The molecule has 2 aromatic rings. The number of likely N-dealkylation sites (tertiary alicyclic amines) is 1. The minimum absolute atomic E-state index is 0.200. The zero-order valence-corrected chi connectivity index (χ0v) is 16.4. The van der Waals surface area contributed by atoms with E-state index >= 15 is 0 Å². The van der Waals surface area contributed by atoms with Gasteiger partial charge in [0.2, 0.25) is 0 Å². The van der Waals surface area contributed by atoms with Gasteiger partial charge in [-0.05, 0) is 55.4 Å². The van der Waals surface area contributed by atoms with Crippen molar-refractivity contribution in [2.45, 2.75) is 50.5 Å². The normalized spacial score (nSPS) is 18.1. The number of hydrogen-bond donors (Lipinski definition) is 1. The number of alkyl halides is 3. The van der Waals surface area contributed by atoms with Crippen molar-refractivity contribution in [2.24, 2.45) is 0 Å². The highest BCUT2D eigenvalue weighted by atomic mass is 19.4. The SMILES string of the molecule is CC1(O)CN(C(=O)c2cnc(CCc3cc(OC(F)(F)F)cc(C4CC4)c3)nc2)C1. The minimum atomic E-state index is -4.73. The molecule has 1 saturated heterocycles. The second kappa shape index (κ2) is 7.54. The van der Waals surface area contributed by atoms with E-state index in [4.69, 9.17) is 0 Å². The number of aryl methyl sites for hydroxylation is 2. The number of ether oxygens (including phenoxy) is 1. The zero-order chi connectivity index (χ0) is 21.5. The van der Waals surface area contributed by atoms with Crippen LogP contribution in [0.25, 0.3) is 0 Å². The lowest BCUT2D eigenvalue weighted by molar-refractivity contribution is -0.274. The summed E-state index contributed by atoms with van der Waals surface area (Å²) in [5.41, 5.74) is 1.08. The predicted molar refractivity (Wildman–Crippen MR) is 101 cm³/mol. The highest BCUT2D eigenvalue weighted by Crippen LogP contribution is 2.42. The van der Waals surface area contributed by atoms with Crippen molar-refractivity contribution >= 4 is 5.91 Å². The molecule has 0 radical (unpaired) electrons. The van der Waals surface area contributed by atoms with Crippen LogP contribution < -0.4 is 4.74 Å². The van der Waals surface area contributed by atoms with Crippen LogP contribution in [0.5, 0.6) is 5.75 Å². The molecular formula is C21H22F3N3O3. The van der Waals surface area contributed by atoms with Gasteiger partial charge in [0.15, 0.2) is 0 Å². The highest BCUT2D eigenvalue weighted by Gasteiger charge is 2.39. The molecule has 1 aromatic carbocycles. The van der Waals surface area contributed by atoms with Crippen LogP contribution in [0, 0.1) is 0 Å². The van der Waals surface area contributed by atoms with Crippen LogP contribution >= 0.6 is 0 Å². The third-order valence-electron chi connectivity index (χ3n) is 5.21. The molecule has 0 bridgehead atoms. The molecule has 1 saturated carbocycles. The summed E-state index contributed by atoms with van der Waals surface area (Å²) in [5.74, 6) is 0.356. The Morgan fingerprint density at radius 1 is 1.20 bits per heavy atom. The molecule has 4 rings (SSSR count). The van der Waals surface area contributed by atoms with Gasteiger partial charge in [0.25, 0.3) is 5.91 Å². The van der Waals surface area contributed by atoms with Crippen molar-refractivity contribution in [1.29, 1.82) is 0 Å². The first-order valence-corrected chi connectivity index (χ1v) is 9.80. The second-order valence-electron chi connectivity index (χ2n) is 8.28. The Morgan fingerprint density at radius 2 is 1.87 bits per heavy atom. The number of carbonyl (C=O) groups excluding carboxylic acids is 1. The number of nitrogens with zero attached hydrogens (tertiary/aromatic N) is 3. The number of amides is 1. The number of β-amino-alcohol motifs (C(OH)–C–C–N with tert-alkyl or cyclic N) is 1. The maximum atomic E-state index is 12.6. The Labute approximate surface area is 171 Å². The lowest BCUT2D eigenvalue weighted by Gasteiger charge is -2.44. The van der Waals surface area contributed by atoms with Gasteiger partial charge >= 0.3 is 6.36 Å². The molecule has 9 heteroatoms. The number of halogens is 3. The molecule has 0 atom stereocenters. The molecule has 160 valence electrons. The Hall–Kier alpha value is -2.68. The summed E-state index contributed by atoms with van der Waals surface area (Å²) in [6.45, 7) is 2.21. The summed E-state index contributed by atoms with van der Waals surface area (Å²) in [4.78, 5) is 22.2. The number of rotatable bonds is 6. The summed E-state index contributed by atoms with van der Waals surface area (Å²) < 4.78 is 42.0. The Balaban J connectivity index is 1.40. The fourth-order valence-corrected chi connectivity index (χ4v) is 3.63. The van der Waals surface area contributed by atoms with Crippen LogP contribution in [0.1, 0.15) is 53.0 Å². The summed E-state index contributed by atoms with van der Waals surface area (Å²) >= 11 is 0. The van der Waals surface area contributed by atoms with Crippen LogP contribution in [0.4, 0.5) is 13.2 Å². The van der Waals surface area contributed by atoms with Crippen molar-refractivity contribution < 1.29 is 27.8 Å². The van der Waals surface area contributed by atoms with Crippen LogP contribution in [0.15, 0.2) is 30.6 Å². The van der Waals surface area contributed by atoms with E-state index in [0.29, 0.717) is 30.1 Å². The van der Waals surface area contributed by atoms with E-state index in [2.05, 4.69) is 14.7 Å². The monoisotopic (exact) mass is 421 g/mol. The number of benzene rings is 1.